The molecular formula is C11H21NO6S. The number of carboxylic acids is 1. The monoisotopic (exact) mass is 295 g/mol. The Bertz CT molecular complexity index is 375. The summed E-state index contributed by atoms with van der Waals surface area (Å²) in [5.74, 6) is -0.895. The van der Waals surface area contributed by atoms with E-state index in [0.29, 0.717) is 25.9 Å². The topological polar surface area (TPSA) is 93.1 Å². The van der Waals surface area contributed by atoms with Gasteiger partial charge in [-0.15, -0.1) is 0 Å². The Balaban J connectivity index is 2.30. The van der Waals surface area contributed by atoms with Crippen LogP contribution in [0.4, 0.5) is 0 Å². The zero-order valence-electron chi connectivity index (χ0n) is 11.1. The largest absolute Gasteiger partial charge is 0.481 e. The van der Waals surface area contributed by atoms with Crippen LogP contribution in [0.25, 0.3) is 0 Å². The van der Waals surface area contributed by atoms with Crippen molar-refractivity contribution < 1.29 is 27.8 Å². The highest BCUT2D eigenvalue weighted by atomic mass is 32.2. The van der Waals surface area contributed by atoms with Crippen molar-refractivity contribution in [2.45, 2.75) is 25.4 Å². The first-order chi connectivity index (χ1) is 8.95. The van der Waals surface area contributed by atoms with Crippen LogP contribution in [0, 0.1) is 0 Å². The van der Waals surface area contributed by atoms with E-state index >= 15 is 0 Å². The average molecular weight is 295 g/mol. The van der Waals surface area contributed by atoms with Crippen LogP contribution < -0.4 is 0 Å². The van der Waals surface area contributed by atoms with Gasteiger partial charge in [-0.25, -0.2) is 12.7 Å². The summed E-state index contributed by atoms with van der Waals surface area (Å²) in [6, 6.07) is 0. The first-order valence-electron chi connectivity index (χ1n) is 6.26. The van der Waals surface area contributed by atoms with Gasteiger partial charge in [0.15, 0.2) is 0 Å². The van der Waals surface area contributed by atoms with Crippen LogP contribution in [0.15, 0.2) is 0 Å². The van der Waals surface area contributed by atoms with Gasteiger partial charge in [0.1, 0.15) is 0 Å². The molecule has 1 N–H and O–H groups in total. The third kappa shape index (κ3) is 5.85. The van der Waals surface area contributed by atoms with Crippen molar-refractivity contribution in [2.75, 3.05) is 39.2 Å². The van der Waals surface area contributed by atoms with Crippen LogP contribution in [0.5, 0.6) is 0 Å². The molecule has 0 amide bonds. The Morgan fingerprint density at radius 1 is 1.32 bits per heavy atom. The fourth-order valence-corrected chi connectivity index (χ4v) is 3.31. The molecule has 0 radical (unpaired) electrons. The number of nitrogens with zero attached hydrogens (tertiary/aromatic N) is 1. The van der Waals surface area contributed by atoms with Crippen molar-refractivity contribution in [3.05, 3.63) is 0 Å². The highest BCUT2D eigenvalue weighted by molar-refractivity contribution is 7.89. The maximum atomic E-state index is 11.9. The van der Waals surface area contributed by atoms with E-state index in [0.717, 1.165) is 0 Å². The van der Waals surface area contributed by atoms with Crippen molar-refractivity contribution in [3.63, 3.8) is 0 Å². The summed E-state index contributed by atoms with van der Waals surface area (Å²) >= 11 is 0. The molecule has 112 valence electrons. The molecule has 19 heavy (non-hydrogen) atoms. The number of piperidine rings is 1. The third-order valence-corrected chi connectivity index (χ3v) is 4.84. The molecule has 8 heteroatoms. The van der Waals surface area contributed by atoms with Gasteiger partial charge in [0.25, 0.3) is 0 Å². The standard InChI is InChI=1S/C11H21NO6S/c1-17-8-9-19(15,16)12-5-2-10(3-6-12)18-7-4-11(13)14/h10H,2-9H2,1H3,(H,13,14). The van der Waals surface area contributed by atoms with Crippen LogP contribution >= 0.6 is 0 Å². The predicted molar refractivity (Wildman–Crippen MR) is 68.5 cm³/mol. The van der Waals surface area contributed by atoms with Gasteiger partial charge in [-0.1, -0.05) is 0 Å². The van der Waals surface area contributed by atoms with Crippen molar-refractivity contribution >= 4 is 16.0 Å². The summed E-state index contributed by atoms with van der Waals surface area (Å²) in [6.45, 7) is 1.21. The Kier molecular flexibility index (Phi) is 6.70. The summed E-state index contributed by atoms with van der Waals surface area (Å²) in [6.07, 6.45) is 1.14. The number of rotatable bonds is 8. The first kappa shape index (κ1) is 16.4. The quantitative estimate of drug-likeness (QED) is 0.673. The Morgan fingerprint density at radius 3 is 2.47 bits per heavy atom. The summed E-state index contributed by atoms with van der Waals surface area (Å²) < 4.78 is 35.4. The van der Waals surface area contributed by atoms with Crippen molar-refractivity contribution in [1.29, 1.82) is 0 Å². The van der Waals surface area contributed by atoms with E-state index in [2.05, 4.69) is 0 Å². The van der Waals surface area contributed by atoms with E-state index in [9.17, 15) is 13.2 Å². The van der Waals surface area contributed by atoms with Crippen LogP contribution in [-0.4, -0.2) is 69.1 Å². The molecule has 0 aromatic heterocycles. The molecule has 0 bridgehead atoms. The first-order valence-corrected chi connectivity index (χ1v) is 7.87. The molecule has 0 aliphatic carbocycles. The molecule has 0 aromatic carbocycles. The SMILES string of the molecule is COCCS(=O)(=O)N1CCC(OCCC(=O)O)CC1. The fourth-order valence-electron chi connectivity index (χ4n) is 1.91. The van der Waals surface area contributed by atoms with Crippen molar-refractivity contribution in [2.24, 2.45) is 0 Å². The number of aliphatic carboxylic acids is 1. The van der Waals surface area contributed by atoms with Crippen molar-refractivity contribution in [1.82, 2.24) is 4.31 Å². The lowest BCUT2D eigenvalue weighted by Crippen LogP contribution is -2.42. The number of methoxy groups -OCH3 is 1. The molecule has 0 aromatic rings. The second-order valence-electron chi connectivity index (χ2n) is 4.42. The number of carbonyl (C=O) groups is 1. The fraction of sp³-hybridized carbons (Fsp3) is 0.909. The minimum atomic E-state index is -3.24. The maximum Gasteiger partial charge on any atom is 0.305 e. The zero-order chi connectivity index (χ0) is 14.3. The van der Waals surface area contributed by atoms with Crippen LogP contribution in [0.2, 0.25) is 0 Å². The lowest BCUT2D eigenvalue weighted by molar-refractivity contribution is -0.138. The molecule has 0 spiro atoms. The Labute approximate surface area is 113 Å². The number of sulfonamides is 1. The number of hydrogen-bond acceptors (Lipinski definition) is 5. The normalized spacial score (nSPS) is 18.6. The van der Waals surface area contributed by atoms with Crippen LogP contribution in [0.3, 0.4) is 0 Å². The molecular weight excluding hydrogens is 274 g/mol. The molecule has 1 rings (SSSR count). The number of ether oxygens (including phenoxy) is 2. The maximum absolute atomic E-state index is 11.9. The number of carboxylic acid groups (broad SMARTS) is 1. The van der Waals surface area contributed by atoms with Gasteiger partial charge in [0, 0.05) is 20.2 Å². The van der Waals surface area contributed by atoms with Gasteiger partial charge >= 0.3 is 5.97 Å². The van der Waals surface area contributed by atoms with Gasteiger partial charge in [-0.05, 0) is 12.8 Å². The van der Waals surface area contributed by atoms with Gasteiger partial charge in [0.05, 0.1) is 31.5 Å². The summed E-state index contributed by atoms with van der Waals surface area (Å²) in [5.41, 5.74) is 0. The highest BCUT2D eigenvalue weighted by Gasteiger charge is 2.27. The number of hydrogen-bond donors (Lipinski definition) is 1. The smallest absolute Gasteiger partial charge is 0.305 e. The third-order valence-electron chi connectivity index (χ3n) is 3.01. The van der Waals surface area contributed by atoms with E-state index in [4.69, 9.17) is 14.6 Å². The van der Waals surface area contributed by atoms with Gasteiger partial charge in [-0.3, -0.25) is 4.79 Å². The zero-order valence-corrected chi connectivity index (χ0v) is 11.9. The van der Waals surface area contributed by atoms with Crippen LogP contribution in [-0.2, 0) is 24.3 Å². The molecule has 0 saturated carbocycles. The Morgan fingerprint density at radius 2 is 1.95 bits per heavy atom. The van der Waals surface area contributed by atoms with Crippen LogP contribution in [0.1, 0.15) is 19.3 Å². The van der Waals surface area contributed by atoms with Gasteiger partial charge in [-0.2, -0.15) is 0 Å². The molecule has 0 atom stereocenters. The van der Waals surface area contributed by atoms with E-state index in [1.165, 1.54) is 11.4 Å². The molecule has 1 heterocycles. The predicted octanol–water partition coefficient (Wildman–Crippen LogP) is -0.0817. The molecule has 1 aliphatic rings. The van der Waals surface area contributed by atoms with E-state index in [1.807, 2.05) is 0 Å². The second-order valence-corrected chi connectivity index (χ2v) is 6.51. The minimum Gasteiger partial charge on any atom is -0.481 e. The van der Waals surface area contributed by atoms with Gasteiger partial charge < -0.3 is 14.6 Å². The van der Waals surface area contributed by atoms with Crippen molar-refractivity contribution in [3.8, 4) is 0 Å². The molecule has 7 nitrogen and oxygen atoms in total. The second kappa shape index (κ2) is 7.78. The summed E-state index contributed by atoms with van der Waals surface area (Å²) in [4.78, 5) is 10.3. The molecule has 1 saturated heterocycles. The van der Waals surface area contributed by atoms with Gasteiger partial charge in [0.2, 0.25) is 10.0 Å². The molecule has 0 unspecified atom stereocenters. The summed E-state index contributed by atoms with van der Waals surface area (Å²) in [7, 11) is -1.77. The molecule has 1 aliphatic heterocycles. The van der Waals surface area contributed by atoms with E-state index < -0.39 is 16.0 Å². The van der Waals surface area contributed by atoms with E-state index in [-0.39, 0.29) is 31.5 Å². The molecule has 1 fully saturated rings. The lowest BCUT2D eigenvalue weighted by atomic mass is 10.1. The Hall–Kier alpha value is -0.700. The average Bonchev–Trinajstić information content (AvgIpc) is 2.37. The highest BCUT2D eigenvalue weighted by Crippen LogP contribution is 2.17. The lowest BCUT2D eigenvalue weighted by Gasteiger charge is -2.31. The van der Waals surface area contributed by atoms with E-state index in [1.54, 1.807) is 0 Å². The minimum absolute atomic E-state index is 0.00591. The summed E-state index contributed by atoms with van der Waals surface area (Å²) in [5, 5.41) is 8.49.